The van der Waals surface area contributed by atoms with Crippen molar-refractivity contribution in [2.75, 3.05) is 31.9 Å². The van der Waals surface area contributed by atoms with Crippen molar-refractivity contribution in [2.45, 2.75) is 46.4 Å². The van der Waals surface area contributed by atoms with Crippen molar-refractivity contribution in [3.05, 3.63) is 21.9 Å². The lowest BCUT2D eigenvalue weighted by atomic mass is 10.3. The van der Waals surface area contributed by atoms with Gasteiger partial charge in [0.05, 0.1) is 24.5 Å². The zero-order valence-corrected chi connectivity index (χ0v) is 20.4. The zero-order valence-electron chi connectivity index (χ0n) is 16.4. The smallest absolute Gasteiger partial charge is 0.216 e. The fourth-order valence-corrected chi connectivity index (χ4v) is 5.17. The molecule has 1 aromatic rings. The molecule has 1 aliphatic heterocycles. The molecule has 1 saturated heterocycles. The van der Waals surface area contributed by atoms with Gasteiger partial charge >= 0.3 is 0 Å². The van der Waals surface area contributed by atoms with E-state index < -0.39 is 10.0 Å². The number of morpholine rings is 1. The molecule has 0 radical (unpaired) electrons. The highest BCUT2D eigenvalue weighted by atomic mass is 127. The SMILES string of the molecule is CCNC(=NCc1sccc1C)NCCS(=O)(=O)N1CC(C)OC(C)C1.I. The van der Waals surface area contributed by atoms with E-state index >= 15 is 0 Å². The van der Waals surface area contributed by atoms with Gasteiger partial charge in [0.25, 0.3) is 0 Å². The van der Waals surface area contributed by atoms with Gasteiger partial charge in [0, 0.05) is 31.1 Å². The Kier molecular flexibility index (Phi) is 10.5. The monoisotopic (exact) mass is 530 g/mol. The van der Waals surface area contributed by atoms with Crippen LogP contribution in [-0.4, -0.2) is 62.8 Å². The van der Waals surface area contributed by atoms with E-state index in [1.807, 2.05) is 20.8 Å². The average molecular weight is 530 g/mol. The van der Waals surface area contributed by atoms with Gasteiger partial charge in [-0.3, -0.25) is 0 Å². The van der Waals surface area contributed by atoms with Gasteiger partial charge in [0.15, 0.2) is 5.96 Å². The molecule has 2 atom stereocenters. The van der Waals surface area contributed by atoms with Gasteiger partial charge in [-0.05, 0) is 44.7 Å². The first-order valence-electron chi connectivity index (χ1n) is 9.00. The van der Waals surface area contributed by atoms with Gasteiger partial charge in [-0.15, -0.1) is 35.3 Å². The molecule has 1 aromatic heterocycles. The Balaban J connectivity index is 0.00000364. The molecule has 0 aliphatic carbocycles. The van der Waals surface area contributed by atoms with Gasteiger partial charge in [-0.2, -0.15) is 4.31 Å². The van der Waals surface area contributed by atoms with E-state index in [1.54, 1.807) is 11.3 Å². The van der Waals surface area contributed by atoms with Crippen LogP contribution in [0.15, 0.2) is 16.4 Å². The van der Waals surface area contributed by atoms with Crippen molar-refractivity contribution < 1.29 is 13.2 Å². The minimum Gasteiger partial charge on any atom is -0.373 e. The van der Waals surface area contributed by atoms with E-state index in [4.69, 9.17) is 4.74 Å². The molecule has 0 spiro atoms. The molecule has 1 aliphatic rings. The van der Waals surface area contributed by atoms with Gasteiger partial charge in [0.1, 0.15) is 0 Å². The van der Waals surface area contributed by atoms with Gasteiger partial charge in [-0.25, -0.2) is 13.4 Å². The number of aryl methyl sites for hydroxylation is 1. The first-order chi connectivity index (χ1) is 12.3. The summed E-state index contributed by atoms with van der Waals surface area (Å²) < 4.78 is 32.3. The second kappa shape index (κ2) is 11.5. The van der Waals surface area contributed by atoms with Crippen LogP contribution >= 0.6 is 35.3 Å². The predicted molar refractivity (Wildman–Crippen MR) is 123 cm³/mol. The Morgan fingerprint density at radius 3 is 2.56 bits per heavy atom. The number of sulfonamides is 1. The van der Waals surface area contributed by atoms with Crippen LogP contribution in [0.25, 0.3) is 0 Å². The molecule has 0 amide bonds. The summed E-state index contributed by atoms with van der Waals surface area (Å²) in [4.78, 5) is 5.76. The minimum atomic E-state index is -3.31. The molecule has 156 valence electrons. The Morgan fingerprint density at radius 2 is 2.00 bits per heavy atom. The molecule has 2 N–H and O–H groups in total. The number of aliphatic imine (C=N–C) groups is 1. The maximum absolute atomic E-state index is 12.6. The van der Waals surface area contributed by atoms with Crippen molar-refractivity contribution >= 4 is 51.3 Å². The lowest BCUT2D eigenvalue weighted by Gasteiger charge is -2.34. The summed E-state index contributed by atoms with van der Waals surface area (Å²) in [5, 5.41) is 8.34. The van der Waals surface area contributed by atoms with Crippen molar-refractivity contribution in [2.24, 2.45) is 4.99 Å². The maximum atomic E-state index is 12.6. The molecule has 10 heteroatoms. The van der Waals surface area contributed by atoms with Crippen molar-refractivity contribution in [3.8, 4) is 0 Å². The number of hydrogen-bond acceptors (Lipinski definition) is 5. The summed E-state index contributed by atoms with van der Waals surface area (Å²) in [7, 11) is -3.31. The summed E-state index contributed by atoms with van der Waals surface area (Å²) in [5.41, 5.74) is 1.23. The number of ether oxygens (including phenoxy) is 1. The molecule has 2 rings (SSSR count). The summed E-state index contributed by atoms with van der Waals surface area (Å²) in [5.74, 6) is 0.675. The third-order valence-corrected chi connectivity index (χ3v) is 6.94. The van der Waals surface area contributed by atoms with E-state index in [2.05, 4.69) is 34.0 Å². The average Bonchev–Trinajstić information content (AvgIpc) is 2.96. The van der Waals surface area contributed by atoms with E-state index in [0.29, 0.717) is 32.1 Å². The summed E-state index contributed by atoms with van der Waals surface area (Å²) in [6, 6.07) is 2.08. The summed E-state index contributed by atoms with van der Waals surface area (Å²) >= 11 is 1.68. The first-order valence-corrected chi connectivity index (χ1v) is 11.5. The van der Waals surface area contributed by atoms with E-state index in [9.17, 15) is 8.42 Å². The number of hydrogen-bond donors (Lipinski definition) is 2. The second-order valence-electron chi connectivity index (χ2n) is 6.54. The molecule has 0 saturated carbocycles. The first kappa shape index (κ1) is 24.6. The molecule has 27 heavy (non-hydrogen) atoms. The standard InChI is InChI=1S/C17H30N4O3S2.HI/c1-5-18-17(20-10-16-13(2)6-8-25-16)19-7-9-26(22,23)21-11-14(3)24-15(4)12-21;/h6,8,14-15H,5,7,9-12H2,1-4H3,(H2,18,19,20);1H. The van der Waals surface area contributed by atoms with Gasteiger partial charge in [0.2, 0.25) is 10.0 Å². The molecule has 1 fully saturated rings. The molecule has 2 heterocycles. The molecule has 0 bridgehead atoms. The van der Waals surface area contributed by atoms with E-state index in [1.165, 1.54) is 14.7 Å². The molecule has 0 aromatic carbocycles. The molecule has 7 nitrogen and oxygen atoms in total. The van der Waals surface area contributed by atoms with Crippen LogP contribution in [0.2, 0.25) is 0 Å². The lowest BCUT2D eigenvalue weighted by molar-refractivity contribution is -0.0440. The van der Waals surface area contributed by atoms with Crippen molar-refractivity contribution in [3.63, 3.8) is 0 Å². The number of rotatable bonds is 7. The topological polar surface area (TPSA) is 83.0 Å². The van der Waals surface area contributed by atoms with Crippen LogP contribution in [0, 0.1) is 6.92 Å². The predicted octanol–water partition coefficient (Wildman–Crippen LogP) is 2.17. The zero-order chi connectivity index (χ0) is 19.2. The van der Waals surface area contributed by atoms with Crippen LogP contribution in [-0.2, 0) is 21.3 Å². The Hall–Kier alpha value is -0.430. The van der Waals surface area contributed by atoms with Crippen molar-refractivity contribution in [1.82, 2.24) is 14.9 Å². The van der Waals surface area contributed by atoms with Gasteiger partial charge < -0.3 is 15.4 Å². The molecular formula is C17H31IN4O3S2. The van der Waals surface area contributed by atoms with Crippen LogP contribution in [0.3, 0.4) is 0 Å². The molecular weight excluding hydrogens is 499 g/mol. The maximum Gasteiger partial charge on any atom is 0.216 e. The molecule has 2 unspecified atom stereocenters. The highest BCUT2D eigenvalue weighted by Gasteiger charge is 2.30. The number of nitrogens with one attached hydrogen (secondary N) is 2. The third kappa shape index (κ3) is 7.84. The number of nitrogens with zero attached hydrogens (tertiary/aromatic N) is 2. The van der Waals surface area contributed by atoms with Gasteiger partial charge in [-0.1, -0.05) is 0 Å². The quantitative estimate of drug-likeness (QED) is 0.321. The number of halogens is 1. The van der Waals surface area contributed by atoms with E-state index in [-0.39, 0.29) is 41.9 Å². The summed E-state index contributed by atoms with van der Waals surface area (Å²) in [6.45, 7) is 10.3. The largest absolute Gasteiger partial charge is 0.373 e. The normalized spacial score (nSPS) is 21.6. The van der Waals surface area contributed by atoms with Crippen molar-refractivity contribution in [1.29, 1.82) is 0 Å². The second-order valence-corrected chi connectivity index (χ2v) is 9.63. The van der Waals surface area contributed by atoms with Crippen LogP contribution in [0.4, 0.5) is 0 Å². The highest BCUT2D eigenvalue weighted by Crippen LogP contribution is 2.16. The Bertz CT molecular complexity index is 699. The highest BCUT2D eigenvalue weighted by molar-refractivity contribution is 14.0. The minimum absolute atomic E-state index is 0. The lowest BCUT2D eigenvalue weighted by Crippen LogP contribution is -2.50. The number of thiophene rings is 1. The fraction of sp³-hybridized carbons (Fsp3) is 0.706. The number of guanidine groups is 1. The van der Waals surface area contributed by atoms with E-state index in [0.717, 1.165) is 6.54 Å². The Morgan fingerprint density at radius 1 is 1.33 bits per heavy atom. The Labute approximate surface area is 184 Å². The fourth-order valence-electron chi connectivity index (χ4n) is 2.84. The third-order valence-electron chi connectivity index (χ3n) is 4.13. The van der Waals surface area contributed by atoms with Crippen LogP contribution < -0.4 is 10.6 Å². The van der Waals surface area contributed by atoms with Crippen LogP contribution in [0.1, 0.15) is 31.2 Å². The summed E-state index contributed by atoms with van der Waals surface area (Å²) in [6.07, 6.45) is -0.149. The van der Waals surface area contributed by atoms with Crippen LogP contribution in [0.5, 0.6) is 0 Å².